The lowest BCUT2D eigenvalue weighted by Crippen LogP contribution is -2.44. The molecule has 1 aromatic rings. The molecule has 3 fully saturated rings. The van der Waals surface area contributed by atoms with Crippen molar-refractivity contribution in [2.75, 3.05) is 6.61 Å². The van der Waals surface area contributed by atoms with Gasteiger partial charge in [0.25, 0.3) is 5.56 Å². The SMILES string of the molecule is Cc1cn([C@H]2O[C@H]3COP(=O)(N[C@@H](C)C4OC(C)(C)C(C)(C)O4)O[C@@H]3[C@H]2F)c(=O)[nH]c1=O. The summed E-state index contributed by atoms with van der Waals surface area (Å²) in [5, 5.41) is 2.75. The highest BCUT2D eigenvalue weighted by atomic mass is 31.2. The molecule has 13 heteroatoms. The number of hydrogen-bond donors (Lipinski definition) is 2. The third kappa shape index (κ3) is 4.02. The van der Waals surface area contributed by atoms with Gasteiger partial charge in [-0.05, 0) is 41.5 Å². The third-order valence-electron chi connectivity index (χ3n) is 6.40. The van der Waals surface area contributed by atoms with Crippen molar-refractivity contribution in [2.24, 2.45) is 0 Å². The Kier molecular flexibility index (Phi) is 5.81. The first-order valence-electron chi connectivity index (χ1n) is 10.4. The van der Waals surface area contributed by atoms with Gasteiger partial charge in [-0.3, -0.25) is 23.4 Å². The summed E-state index contributed by atoms with van der Waals surface area (Å²) < 4.78 is 57.8. The van der Waals surface area contributed by atoms with Crippen LogP contribution >= 0.6 is 7.75 Å². The minimum Gasteiger partial charge on any atom is -0.346 e. The zero-order valence-electron chi connectivity index (χ0n) is 18.8. The zero-order valence-corrected chi connectivity index (χ0v) is 19.7. The number of aryl methyl sites for hydroxylation is 1. The van der Waals surface area contributed by atoms with Crippen molar-refractivity contribution < 1.29 is 32.2 Å². The maximum atomic E-state index is 15.3. The van der Waals surface area contributed by atoms with Crippen molar-refractivity contribution in [1.82, 2.24) is 14.6 Å². The summed E-state index contributed by atoms with van der Waals surface area (Å²) >= 11 is 0. The highest BCUT2D eigenvalue weighted by molar-refractivity contribution is 7.51. The molecule has 0 aromatic carbocycles. The molecule has 11 nitrogen and oxygen atoms in total. The van der Waals surface area contributed by atoms with Crippen LogP contribution in [0.3, 0.4) is 0 Å². The molecule has 32 heavy (non-hydrogen) atoms. The van der Waals surface area contributed by atoms with Gasteiger partial charge < -0.3 is 14.2 Å². The molecule has 0 spiro atoms. The molecule has 3 aliphatic heterocycles. The van der Waals surface area contributed by atoms with Gasteiger partial charge in [0.15, 0.2) is 18.7 Å². The molecular weight excluding hydrogens is 448 g/mol. The predicted molar refractivity (Wildman–Crippen MR) is 110 cm³/mol. The summed E-state index contributed by atoms with van der Waals surface area (Å²) in [6, 6.07) is -0.598. The molecule has 0 amide bonds. The number of rotatable bonds is 4. The number of H-pyrrole nitrogens is 1. The van der Waals surface area contributed by atoms with Crippen LogP contribution in [0.1, 0.15) is 46.4 Å². The molecule has 0 aliphatic carbocycles. The largest absolute Gasteiger partial charge is 0.406 e. The highest BCUT2D eigenvalue weighted by Gasteiger charge is 2.56. The molecule has 4 rings (SSSR count). The Hall–Kier alpha value is -1.40. The number of alkyl halides is 1. The highest BCUT2D eigenvalue weighted by Crippen LogP contribution is 2.54. The number of ether oxygens (including phenoxy) is 3. The Morgan fingerprint density at radius 2 is 1.88 bits per heavy atom. The number of fused-ring (bicyclic) bond motifs is 1. The Labute approximate surface area is 184 Å². The average Bonchev–Trinajstić information content (AvgIpc) is 3.10. The van der Waals surface area contributed by atoms with Crippen LogP contribution in [-0.4, -0.2) is 58.1 Å². The van der Waals surface area contributed by atoms with E-state index in [0.29, 0.717) is 0 Å². The maximum Gasteiger partial charge on any atom is 0.406 e. The normalized spacial score (nSPS) is 37.3. The van der Waals surface area contributed by atoms with E-state index < -0.39 is 67.1 Å². The molecule has 0 radical (unpaired) electrons. The van der Waals surface area contributed by atoms with E-state index in [1.54, 1.807) is 6.92 Å². The number of aromatic nitrogens is 2. The minimum atomic E-state index is -3.94. The lowest BCUT2D eigenvalue weighted by atomic mass is 9.90. The van der Waals surface area contributed by atoms with Gasteiger partial charge in [-0.15, -0.1) is 0 Å². The smallest absolute Gasteiger partial charge is 0.346 e. The van der Waals surface area contributed by atoms with Crippen molar-refractivity contribution in [2.45, 2.75) is 89.7 Å². The molecule has 0 saturated carbocycles. The Morgan fingerprint density at radius 3 is 2.50 bits per heavy atom. The Balaban J connectivity index is 1.47. The van der Waals surface area contributed by atoms with Crippen molar-refractivity contribution in [3.63, 3.8) is 0 Å². The molecule has 6 atom stereocenters. The first-order chi connectivity index (χ1) is 14.7. The molecular formula is C19H29FN3O8P. The minimum absolute atomic E-state index is 0.209. The van der Waals surface area contributed by atoms with Crippen molar-refractivity contribution in [1.29, 1.82) is 0 Å². The molecule has 180 valence electrons. The van der Waals surface area contributed by atoms with E-state index >= 15 is 4.39 Å². The van der Waals surface area contributed by atoms with E-state index in [2.05, 4.69) is 10.1 Å². The van der Waals surface area contributed by atoms with Gasteiger partial charge in [-0.2, -0.15) is 0 Å². The van der Waals surface area contributed by atoms with Crippen LogP contribution in [0.25, 0.3) is 0 Å². The number of halogens is 1. The summed E-state index contributed by atoms with van der Waals surface area (Å²) in [5.74, 6) is 0. The van der Waals surface area contributed by atoms with Crippen LogP contribution in [-0.2, 0) is 27.8 Å². The first kappa shape index (κ1) is 23.7. The monoisotopic (exact) mass is 477 g/mol. The van der Waals surface area contributed by atoms with Crippen molar-refractivity contribution in [3.8, 4) is 0 Å². The lowest BCUT2D eigenvalue weighted by Gasteiger charge is -2.33. The van der Waals surface area contributed by atoms with Gasteiger partial charge in [0, 0.05) is 11.8 Å². The van der Waals surface area contributed by atoms with Gasteiger partial charge in [0.2, 0.25) is 0 Å². The number of aromatic amines is 1. The maximum absolute atomic E-state index is 15.3. The zero-order chi connectivity index (χ0) is 23.6. The van der Waals surface area contributed by atoms with Gasteiger partial charge in [-0.1, -0.05) is 0 Å². The number of nitrogens with one attached hydrogen (secondary N) is 2. The lowest BCUT2D eigenvalue weighted by molar-refractivity contribution is -0.104. The van der Waals surface area contributed by atoms with Gasteiger partial charge >= 0.3 is 13.4 Å². The second kappa shape index (κ2) is 7.83. The molecule has 3 aliphatic rings. The molecule has 0 bridgehead atoms. The molecule has 1 aromatic heterocycles. The second-order valence-electron chi connectivity index (χ2n) is 9.39. The molecule has 4 heterocycles. The van der Waals surface area contributed by atoms with E-state index in [-0.39, 0.29) is 12.2 Å². The number of nitrogens with zero attached hydrogens (tertiary/aromatic N) is 1. The third-order valence-corrected chi connectivity index (χ3v) is 8.13. The van der Waals surface area contributed by atoms with Crippen LogP contribution in [0.2, 0.25) is 0 Å². The van der Waals surface area contributed by atoms with Crippen LogP contribution in [0.4, 0.5) is 4.39 Å². The summed E-state index contributed by atoms with van der Waals surface area (Å²) in [7, 11) is -3.94. The Morgan fingerprint density at radius 1 is 1.25 bits per heavy atom. The fourth-order valence-electron chi connectivity index (χ4n) is 3.79. The van der Waals surface area contributed by atoms with E-state index in [1.165, 1.54) is 13.1 Å². The second-order valence-corrected chi connectivity index (χ2v) is 11.1. The standard InChI is InChI=1S/C19H29FN3O8P/c1-9-7-23(17(25)21-14(9)24)15-12(20)13-11(28-15)8-27-32(26,31-13)22-10(2)16-29-18(3,4)19(5,6)30-16/h7,10-13,15-16H,8H2,1-6H3,(H,22,26)(H,21,24,25)/t10-,11-,12+,13-,15-,32?/m0/s1. The summed E-state index contributed by atoms with van der Waals surface area (Å²) in [4.78, 5) is 25.9. The van der Waals surface area contributed by atoms with E-state index in [4.69, 9.17) is 23.3 Å². The van der Waals surface area contributed by atoms with Crippen LogP contribution in [0.5, 0.6) is 0 Å². The average molecular weight is 477 g/mol. The van der Waals surface area contributed by atoms with Gasteiger partial charge in [0.1, 0.15) is 12.2 Å². The summed E-state index contributed by atoms with van der Waals surface area (Å²) in [6.45, 7) is 10.5. The molecule has 2 N–H and O–H groups in total. The fourth-order valence-corrected chi connectivity index (χ4v) is 5.52. The van der Waals surface area contributed by atoms with Gasteiger partial charge in [-0.25, -0.2) is 18.8 Å². The van der Waals surface area contributed by atoms with Crippen LogP contribution in [0, 0.1) is 6.92 Å². The molecule has 3 saturated heterocycles. The summed E-state index contributed by atoms with van der Waals surface area (Å²) in [5.41, 5.74) is -2.33. The van der Waals surface area contributed by atoms with E-state index in [1.807, 2.05) is 27.7 Å². The van der Waals surface area contributed by atoms with E-state index in [9.17, 15) is 14.2 Å². The topological polar surface area (TPSA) is 130 Å². The molecule has 1 unspecified atom stereocenters. The Bertz CT molecular complexity index is 1040. The number of hydrogen-bond acceptors (Lipinski definition) is 8. The summed E-state index contributed by atoms with van der Waals surface area (Å²) in [6.07, 6.45) is -4.82. The first-order valence-corrected chi connectivity index (χ1v) is 12.0. The van der Waals surface area contributed by atoms with Crippen molar-refractivity contribution in [3.05, 3.63) is 32.6 Å². The van der Waals surface area contributed by atoms with E-state index in [0.717, 1.165) is 4.57 Å². The predicted octanol–water partition coefficient (Wildman–Crippen LogP) is 1.51. The van der Waals surface area contributed by atoms with Crippen molar-refractivity contribution >= 4 is 7.75 Å². The quantitative estimate of drug-likeness (QED) is 0.620. The fraction of sp³-hybridized carbons (Fsp3) is 0.789. The van der Waals surface area contributed by atoms with Crippen LogP contribution in [0.15, 0.2) is 15.8 Å². The van der Waals surface area contributed by atoms with Gasteiger partial charge in [0.05, 0.1) is 23.9 Å². The van der Waals surface area contributed by atoms with Crippen LogP contribution < -0.4 is 16.3 Å².